The van der Waals surface area contributed by atoms with Crippen LogP contribution in [-0.2, 0) is 4.74 Å². The van der Waals surface area contributed by atoms with E-state index in [2.05, 4.69) is 14.9 Å². The van der Waals surface area contributed by atoms with E-state index in [1.165, 1.54) is 0 Å². The molecule has 1 aliphatic rings. The van der Waals surface area contributed by atoms with Gasteiger partial charge in [-0.3, -0.25) is 0 Å². The molecule has 0 unspecified atom stereocenters. The monoisotopic (exact) mass is 259 g/mol. The fourth-order valence-corrected chi connectivity index (χ4v) is 1.73. The molecule has 1 aromatic heterocycles. The Morgan fingerprint density at radius 1 is 1.41 bits per heavy atom. The lowest BCUT2D eigenvalue weighted by atomic mass is 10.4. The molecule has 1 N–H and O–H groups in total. The molecule has 94 valence electrons. The van der Waals surface area contributed by atoms with E-state index in [-0.39, 0.29) is 18.5 Å². The lowest BCUT2D eigenvalue weighted by molar-refractivity contribution is 0.122. The topological polar surface area (TPSA) is 67.7 Å². The first-order valence-electron chi connectivity index (χ1n) is 5.40. The molecule has 0 atom stereocenters. The smallest absolute Gasteiger partial charge is 0.227 e. The van der Waals surface area contributed by atoms with Crippen molar-refractivity contribution in [1.82, 2.24) is 9.97 Å². The van der Waals surface area contributed by atoms with E-state index in [0.717, 1.165) is 18.9 Å². The van der Waals surface area contributed by atoms with Gasteiger partial charge in [0.1, 0.15) is 12.4 Å². The summed E-state index contributed by atoms with van der Waals surface area (Å²) in [5.74, 6) is 1.10. The van der Waals surface area contributed by atoms with Crippen LogP contribution in [0.5, 0.6) is 5.88 Å². The van der Waals surface area contributed by atoms with E-state index in [1.807, 2.05) is 0 Å². The molecule has 2 rings (SSSR count). The Morgan fingerprint density at radius 2 is 2.18 bits per heavy atom. The largest absolute Gasteiger partial charge is 0.475 e. The quantitative estimate of drug-likeness (QED) is 0.787. The highest BCUT2D eigenvalue weighted by Crippen LogP contribution is 2.20. The zero-order valence-electron chi connectivity index (χ0n) is 9.30. The normalized spacial score (nSPS) is 16.0. The first-order chi connectivity index (χ1) is 8.29. The number of nitrogens with zero attached hydrogens (tertiary/aromatic N) is 3. The summed E-state index contributed by atoms with van der Waals surface area (Å²) < 4.78 is 10.5. The number of halogens is 1. The molecular weight excluding hydrogens is 246 g/mol. The maximum absolute atomic E-state index is 8.69. The minimum Gasteiger partial charge on any atom is -0.475 e. The van der Waals surface area contributed by atoms with E-state index in [1.54, 1.807) is 6.07 Å². The number of rotatable bonds is 4. The molecule has 0 spiro atoms. The average Bonchev–Trinajstić information content (AvgIpc) is 2.37. The Kier molecular flexibility index (Phi) is 4.36. The van der Waals surface area contributed by atoms with Gasteiger partial charge in [-0.1, -0.05) is 0 Å². The van der Waals surface area contributed by atoms with Crippen molar-refractivity contribution >= 4 is 17.4 Å². The fraction of sp³-hybridized carbons (Fsp3) is 0.600. The minimum absolute atomic E-state index is 0.0610. The second-order valence-electron chi connectivity index (χ2n) is 3.50. The molecule has 0 aromatic carbocycles. The number of aromatic nitrogens is 2. The van der Waals surface area contributed by atoms with Crippen LogP contribution in [0.4, 0.5) is 5.82 Å². The Balaban J connectivity index is 2.12. The molecule has 1 aromatic rings. The predicted octanol–water partition coefficient (Wildman–Crippen LogP) is 0.338. The lowest BCUT2D eigenvalue weighted by Gasteiger charge is -2.27. The van der Waals surface area contributed by atoms with Gasteiger partial charge in [-0.2, -0.15) is 4.98 Å². The SMILES string of the molecule is OCCOc1cc(N2CCOCC2)nc(Cl)n1. The first-order valence-corrected chi connectivity index (χ1v) is 5.78. The van der Waals surface area contributed by atoms with Crippen LogP contribution in [-0.4, -0.2) is 54.6 Å². The van der Waals surface area contributed by atoms with Crippen LogP contribution in [0.15, 0.2) is 6.07 Å². The summed E-state index contributed by atoms with van der Waals surface area (Å²) in [4.78, 5) is 10.1. The van der Waals surface area contributed by atoms with Gasteiger partial charge in [0.05, 0.1) is 19.8 Å². The van der Waals surface area contributed by atoms with Crippen LogP contribution in [0.2, 0.25) is 5.28 Å². The molecule has 2 heterocycles. The van der Waals surface area contributed by atoms with E-state index < -0.39 is 0 Å². The molecule has 6 nitrogen and oxygen atoms in total. The van der Waals surface area contributed by atoms with Gasteiger partial charge in [-0.05, 0) is 11.6 Å². The van der Waals surface area contributed by atoms with Crippen molar-refractivity contribution in [2.45, 2.75) is 0 Å². The summed E-state index contributed by atoms with van der Waals surface area (Å²) in [7, 11) is 0. The highest BCUT2D eigenvalue weighted by atomic mass is 35.5. The molecule has 1 saturated heterocycles. The fourth-order valence-electron chi connectivity index (χ4n) is 1.56. The molecule has 1 aliphatic heterocycles. The van der Waals surface area contributed by atoms with Crippen LogP contribution in [0.25, 0.3) is 0 Å². The maximum Gasteiger partial charge on any atom is 0.227 e. The van der Waals surface area contributed by atoms with E-state index in [9.17, 15) is 0 Å². The Labute approximate surface area is 104 Å². The van der Waals surface area contributed by atoms with Crippen LogP contribution in [0, 0.1) is 0 Å². The summed E-state index contributed by atoms with van der Waals surface area (Å²) in [6.45, 7) is 3.02. The number of morpholine rings is 1. The molecule has 0 aliphatic carbocycles. The molecule has 1 fully saturated rings. The predicted molar refractivity (Wildman–Crippen MR) is 62.7 cm³/mol. The Hall–Kier alpha value is -1.11. The number of hydrogen-bond acceptors (Lipinski definition) is 6. The number of aliphatic hydroxyl groups is 1. The highest BCUT2D eigenvalue weighted by Gasteiger charge is 2.14. The third-order valence-corrected chi connectivity index (χ3v) is 2.51. The van der Waals surface area contributed by atoms with Crippen molar-refractivity contribution in [3.63, 3.8) is 0 Å². The molecule has 0 bridgehead atoms. The second-order valence-corrected chi connectivity index (χ2v) is 3.84. The van der Waals surface area contributed by atoms with Crippen molar-refractivity contribution in [2.75, 3.05) is 44.4 Å². The van der Waals surface area contributed by atoms with Crippen molar-refractivity contribution in [2.24, 2.45) is 0 Å². The average molecular weight is 260 g/mol. The van der Waals surface area contributed by atoms with E-state index in [0.29, 0.717) is 19.1 Å². The van der Waals surface area contributed by atoms with Gasteiger partial charge in [0.15, 0.2) is 0 Å². The van der Waals surface area contributed by atoms with Crippen LogP contribution in [0.1, 0.15) is 0 Å². The van der Waals surface area contributed by atoms with Crippen molar-refractivity contribution < 1.29 is 14.6 Å². The molecular formula is C10H14ClN3O3. The minimum atomic E-state index is -0.0610. The highest BCUT2D eigenvalue weighted by molar-refractivity contribution is 6.28. The van der Waals surface area contributed by atoms with Gasteiger partial charge < -0.3 is 19.5 Å². The van der Waals surface area contributed by atoms with Gasteiger partial charge in [-0.25, -0.2) is 4.98 Å². The first kappa shape index (κ1) is 12.3. The molecule has 0 radical (unpaired) electrons. The Morgan fingerprint density at radius 3 is 2.88 bits per heavy atom. The number of anilines is 1. The van der Waals surface area contributed by atoms with Gasteiger partial charge >= 0.3 is 0 Å². The third kappa shape index (κ3) is 3.42. The standard InChI is InChI=1S/C10H14ClN3O3/c11-10-12-8(14-1-4-16-5-2-14)7-9(13-10)17-6-3-15/h7,15H,1-6H2. The van der Waals surface area contributed by atoms with Crippen LogP contribution < -0.4 is 9.64 Å². The zero-order chi connectivity index (χ0) is 12.1. The lowest BCUT2D eigenvalue weighted by Crippen LogP contribution is -2.36. The van der Waals surface area contributed by atoms with Gasteiger partial charge in [0.2, 0.25) is 11.2 Å². The maximum atomic E-state index is 8.69. The summed E-state index contributed by atoms with van der Waals surface area (Å²) >= 11 is 5.83. The summed E-state index contributed by atoms with van der Waals surface area (Å²) in [5, 5.41) is 8.83. The van der Waals surface area contributed by atoms with E-state index in [4.69, 9.17) is 26.2 Å². The van der Waals surface area contributed by atoms with Crippen LogP contribution >= 0.6 is 11.6 Å². The van der Waals surface area contributed by atoms with Gasteiger partial charge in [-0.15, -0.1) is 0 Å². The molecule has 0 saturated carbocycles. The zero-order valence-corrected chi connectivity index (χ0v) is 10.1. The molecule has 0 amide bonds. The third-order valence-electron chi connectivity index (χ3n) is 2.34. The number of ether oxygens (including phenoxy) is 2. The Bertz CT molecular complexity index is 372. The van der Waals surface area contributed by atoms with Crippen LogP contribution in [0.3, 0.4) is 0 Å². The summed E-state index contributed by atoms with van der Waals surface area (Å²) in [6.07, 6.45) is 0. The van der Waals surface area contributed by atoms with Gasteiger partial charge in [0.25, 0.3) is 0 Å². The van der Waals surface area contributed by atoms with Crippen molar-refractivity contribution in [1.29, 1.82) is 0 Å². The second kappa shape index (κ2) is 6.00. The van der Waals surface area contributed by atoms with Crippen molar-refractivity contribution in [3.05, 3.63) is 11.3 Å². The number of aliphatic hydroxyl groups excluding tert-OH is 1. The van der Waals surface area contributed by atoms with E-state index >= 15 is 0 Å². The number of hydrogen-bond donors (Lipinski definition) is 1. The molecule has 7 heteroatoms. The van der Waals surface area contributed by atoms with Crippen molar-refractivity contribution in [3.8, 4) is 5.88 Å². The van der Waals surface area contributed by atoms with Gasteiger partial charge in [0, 0.05) is 19.2 Å². The summed E-state index contributed by atoms with van der Waals surface area (Å²) in [5.41, 5.74) is 0. The molecule has 17 heavy (non-hydrogen) atoms. The summed E-state index contributed by atoms with van der Waals surface area (Å²) in [6, 6.07) is 1.72.